The molecular formula is C17H23N3O2S. The summed E-state index contributed by atoms with van der Waals surface area (Å²) >= 11 is 1.47. The van der Waals surface area contributed by atoms with E-state index in [1.54, 1.807) is 12.5 Å². The highest BCUT2D eigenvalue weighted by Gasteiger charge is 2.12. The average molecular weight is 333 g/mol. The second kappa shape index (κ2) is 8.64. The molecule has 1 amide bonds. The van der Waals surface area contributed by atoms with Crippen LogP contribution in [-0.2, 0) is 0 Å². The van der Waals surface area contributed by atoms with Crippen molar-refractivity contribution in [3.05, 3.63) is 35.3 Å². The fraction of sp³-hybridized carbons (Fsp3) is 0.412. The van der Waals surface area contributed by atoms with Crippen molar-refractivity contribution in [1.82, 2.24) is 15.2 Å². The molecule has 5 nitrogen and oxygen atoms in total. The summed E-state index contributed by atoms with van der Waals surface area (Å²) in [5.41, 5.74) is 1.46. The number of carbonyl (C=O) groups excluding carboxylic acids is 1. The summed E-state index contributed by atoms with van der Waals surface area (Å²) in [6, 6.07) is 7.67. The number of likely N-dealkylation sites (N-methyl/N-ethyl adjacent to an activating group) is 1. The minimum atomic E-state index is -0.117. The summed E-state index contributed by atoms with van der Waals surface area (Å²) in [6.07, 6.45) is 0. The number of aromatic nitrogens is 1. The third-order valence-corrected chi connectivity index (χ3v) is 4.57. The molecule has 23 heavy (non-hydrogen) atoms. The molecule has 0 saturated heterocycles. The van der Waals surface area contributed by atoms with E-state index in [4.69, 9.17) is 4.74 Å². The van der Waals surface area contributed by atoms with Gasteiger partial charge in [0.15, 0.2) is 0 Å². The van der Waals surface area contributed by atoms with Gasteiger partial charge in [-0.2, -0.15) is 0 Å². The molecule has 1 heterocycles. The van der Waals surface area contributed by atoms with Crippen molar-refractivity contribution in [1.29, 1.82) is 0 Å². The van der Waals surface area contributed by atoms with Crippen LogP contribution in [-0.4, -0.2) is 49.1 Å². The van der Waals surface area contributed by atoms with Crippen LogP contribution in [0.3, 0.4) is 0 Å². The molecule has 0 spiro atoms. The zero-order chi connectivity index (χ0) is 16.7. The Labute approximate surface area is 141 Å². The number of benzene rings is 1. The summed E-state index contributed by atoms with van der Waals surface area (Å²) in [7, 11) is 1.64. The molecule has 0 atom stereocenters. The van der Waals surface area contributed by atoms with Crippen LogP contribution in [0.5, 0.6) is 5.75 Å². The third-order valence-electron chi connectivity index (χ3n) is 3.68. The molecule has 1 aromatic carbocycles. The maximum Gasteiger partial charge on any atom is 0.270 e. The highest BCUT2D eigenvalue weighted by molar-refractivity contribution is 7.13. The number of hydrogen-bond acceptors (Lipinski definition) is 5. The highest BCUT2D eigenvalue weighted by atomic mass is 32.1. The number of hydrogen-bond donors (Lipinski definition) is 1. The third kappa shape index (κ3) is 4.77. The van der Waals surface area contributed by atoms with Crippen molar-refractivity contribution in [3.8, 4) is 16.3 Å². The quantitative estimate of drug-likeness (QED) is 0.807. The molecule has 0 radical (unpaired) electrons. The number of thiazole rings is 1. The van der Waals surface area contributed by atoms with Gasteiger partial charge in [0.25, 0.3) is 5.91 Å². The molecule has 0 bridgehead atoms. The Hall–Kier alpha value is -1.92. The van der Waals surface area contributed by atoms with E-state index in [2.05, 4.69) is 29.0 Å². The maximum atomic E-state index is 12.1. The molecule has 6 heteroatoms. The van der Waals surface area contributed by atoms with E-state index in [1.807, 2.05) is 24.3 Å². The predicted octanol–water partition coefficient (Wildman–Crippen LogP) is 2.89. The number of rotatable bonds is 8. The Morgan fingerprint density at radius 2 is 1.96 bits per heavy atom. The second-order valence-electron chi connectivity index (χ2n) is 5.05. The van der Waals surface area contributed by atoms with Crippen molar-refractivity contribution in [2.75, 3.05) is 33.3 Å². The van der Waals surface area contributed by atoms with Gasteiger partial charge in [-0.1, -0.05) is 13.8 Å². The minimum Gasteiger partial charge on any atom is -0.497 e. The molecule has 1 N–H and O–H groups in total. The normalized spacial score (nSPS) is 10.8. The Bertz CT molecular complexity index is 621. The first-order chi connectivity index (χ1) is 11.2. The Kier molecular flexibility index (Phi) is 6.55. The molecule has 0 aliphatic carbocycles. The Morgan fingerprint density at radius 1 is 1.26 bits per heavy atom. The van der Waals surface area contributed by atoms with Gasteiger partial charge in [0.05, 0.1) is 7.11 Å². The van der Waals surface area contributed by atoms with Crippen molar-refractivity contribution >= 4 is 17.2 Å². The molecule has 0 aliphatic heterocycles. The van der Waals surface area contributed by atoms with E-state index >= 15 is 0 Å². The SMILES string of the molecule is CCN(CC)CCNC(=O)c1csc(-c2ccc(OC)cc2)n1. The molecule has 124 valence electrons. The second-order valence-corrected chi connectivity index (χ2v) is 5.91. The van der Waals surface area contributed by atoms with Crippen LogP contribution in [0.25, 0.3) is 10.6 Å². The first kappa shape index (κ1) is 17.4. The van der Waals surface area contributed by atoms with Crippen LogP contribution in [0.1, 0.15) is 24.3 Å². The van der Waals surface area contributed by atoms with Crippen molar-refractivity contribution in [3.63, 3.8) is 0 Å². The minimum absolute atomic E-state index is 0.117. The van der Waals surface area contributed by atoms with E-state index in [0.717, 1.165) is 36.0 Å². The molecule has 2 aromatic rings. The summed E-state index contributed by atoms with van der Waals surface area (Å²) < 4.78 is 5.15. The lowest BCUT2D eigenvalue weighted by Gasteiger charge is -2.17. The molecule has 0 saturated carbocycles. The Balaban J connectivity index is 1.94. The molecule has 1 aromatic heterocycles. The van der Waals surface area contributed by atoms with E-state index in [9.17, 15) is 4.79 Å². The lowest BCUT2D eigenvalue weighted by molar-refractivity contribution is 0.0944. The zero-order valence-electron chi connectivity index (χ0n) is 13.8. The fourth-order valence-corrected chi connectivity index (χ4v) is 3.01. The Morgan fingerprint density at radius 3 is 2.57 bits per heavy atom. The number of ether oxygens (including phenoxy) is 1. The number of carbonyl (C=O) groups is 1. The average Bonchev–Trinajstić information content (AvgIpc) is 3.09. The van der Waals surface area contributed by atoms with Gasteiger partial charge < -0.3 is 15.0 Å². The van der Waals surface area contributed by atoms with E-state index in [1.165, 1.54) is 11.3 Å². The monoisotopic (exact) mass is 333 g/mol. The lowest BCUT2D eigenvalue weighted by atomic mass is 10.2. The van der Waals surface area contributed by atoms with E-state index in [-0.39, 0.29) is 5.91 Å². The van der Waals surface area contributed by atoms with Crippen LogP contribution in [0.15, 0.2) is 29.6 Å². The summed E-state index contributed by atoms with van der Waals surface area (Å²) in [5.74, 6) is 0.688. The van der Waals surface area contributed by atoms with Gasteiger partial charge in [0.2, 0.25) is 0 Å². The van der Waals surface area contributed by atoms with Gasteiger partial charge in [0, 0.05) is 24.0 Å². The topological polar surface area (TPSA) is 54.5 Å². The molecular weight excluding hydrogens is 310 g/mol. The summed E-state index contributed by atoms with van der Waals surface area (Å²) in [4.78, 5) is 18.8. The van der Waals surface area contributed by atoms with Crippen molar-refractivity contribution in [2.24, 2.45) is 0 Å². The summed E-state index contributed by atoms with van der Waals surface area (Å²) in [5, 5.41) is 5.56. The summed E-state index contributed by atoms with van der Waals surface area (Å²) in [6.45, 7) is 7.71. The van der Waals surface area contributed by atoms with Gasteiger partial charge in [0.1, 0.15) is 16.5 Å². The van der Waals surface area contributed by atoms with Gasteiger partial charge in [-0.15, -0.1) is 11.3 Å². The van der Waals surface area contributed by atoms with Crippen LogP contribution >= 0.6 is 11.3 Å². The molecule has 0 unspecified atom stereocenters. The zero-order valence-corrected chi connectivity index (χ0v) is 14.7. The number of nitrogens with one attached hydrogen (secondary N) is 1. The smallest absolute Gasteiger partial charge is 0.270 e. The number of amides is 1. The standard InChI is InChI=1S/C17H23N3O2S/c1-4-20(5-2)11-10-18-16(21)15-12-23-17(19-15)13-6-8-14(22-3)9-7-13/h6-9,12H,4-5,10-11H2,1-3H3,(H,18,21). The van der Waals surface area contributed by atoms with Crippen molar-refractivity contribution in [2.45, 2.75) is 13.8 Å². The molecule has 0 fully saturated rings. The largest absolute Gasteiger partial charge is 0.497 e. The van der Waals surface area contributed by atoms with Crippen LogP contribution in [0.2, 0.25) is 0 Å². The first-order valence-corrected chi connectivity index (χ1v) is 8.66. The van der Waals surface area contributed by atoms with Gasteiger partial charge in [-0.05, 0) is 37.4 Å². The van der Waals surface area contributed by atoms with Gasteiger partial charge in [-0.3, -0.25) is 4.79 Å². The van der Waals surface area contributed by atoms with Crippen molar-refractivity contribution < 1.29 is 9.53 Å². The van der Waals surface area contributed by atoms with Crippen LogP contribution in [0, 0.1) is 0 Å². The van der Waals surface area contributed by atoms with Gasteiger partial charge in [-0.25, -0.2) is 4.98 Å². The fourth-order valence-electron chi connectivity index (χ4n) is 2.20. The highest BCUT2D eigenvalue weighted by Crippen LogP contribution is 2.25. The van der Waals surface area contributed by atoms with Crippen LogP contribution in [0.4, 0.5) is 0 Å². The molecule has 2 rings (SSSR count). The number of nitrogens with zero attached hydrogens (tertiary/aromatic N) is 2. The molecule has 0 aliphatic rings. The first-order valence-electron chi connectivity index (χ1n) is 7.78. The number of methoxy groups -OCH3 is 1. The maximum absolute atomic E-state index is 12.1. The van der Waals surface area contributed by atoms with E-state index < -0.39 is 0 Å². The predicted molar refractivity (Wildman–Crippen MR) is 94.2 cm³/mol. The van der Waals surface area contributed by atoms with E-state index in [0.29, 0.717) is 12.2 Å². The van der Waals surface area contributed by atoms with Gasteiger partial charge >= 0.3 is 0 Å². The van der Waals surface area contributed by atoms with Crippen LogP contribution < -0.4 is 10.1 Å². The lowest BCUT2D eigenvalue weighted by Crippen LogP contribution is -2.34.